The minimum atomic E-state index is -1.71. The first-order valence-corrected chi connectivity index (χ1v) is 45.9. The van der Waals surface area contributed by atoms with Crippen LogP contribution in [0.4, 0.5) is 0 Å². The number of amides is 7. The third-order valence-electron chi connectivity index (χ3n) is 20.3. The topological polar surface area (TPSA) is 651 Å². The predicted octanol–water partition coefficient (Wildman–Crippen LogP) is -3.81. The van der Waals surface area contributed by atoms with E-state index in [1.165, 1.54) is 20.8 Å². The van der Waals surface area contributed by atoms with E-state index in [4.69, 9.17) is 114 Å². The van der Waals surface area contributed by atoms with Gasteiger partial charge in [0.05, 0.1) is 138 Å². The summed E-state index contributed by atoms with van der Waals surface area (Å²) in [6, 6.07) is -3.69. The van der Waals surface area contributed by atoms with Gasteiger partial charge in [-0.25, -0.2) is 0 Å². The minimum absolute atomic E-state index is 0.00660. The SMILES string of the molecule is CCCN1CN(CCOC(=O)CCC(=O)O)CN(CCOC(=O)CCC(=O)NC(CCC(=O)NCCOCCOCCOC2OC(COC(C)=O)C(OC(C)=O)C(OC(C)=O)C2NC(C)=O)(CCC(=O)NCCOCCOCCOC2OC(COC(C)=O)C(OC(C)=O)C(OC(C)=O)C2NC(C)=O)CC(=O)NCCOCCOCCOC2OC(COC(C)=O)C(OC(C)=O)C(OC(C)=O)C2NC(C)=O)C1. The van der Waals surface area contributed by atoms with Crippen LogP contribution < -0.4 is 37.2 Å². The molecule has 4 aliphatic rings. The number of hydrogen-bond acceptors (Lipinski definition) is 45. The Morgan fingerprint density at radius 1 is 0.314 bits per heavy atom. The van der Waals surface area contributed by atoms with Gasteiger partial charge in [-0.2, -0.15) is 0 Å². The summed E-state index contributed by atoms with van der Waals surface area (Å²) in [5.74, 6) is -13.8. The molecule has 796 valence electrons. The molecule has 0 bridgehead atoms. The molecule has 4 rings (SSSR count). The summed E-state index contributed by atoms with van der Waals surface area (Å²) in [5, 5.41) is 27.9. The zero-order valence-electron chi connectivity index (χ0n) is 81.7. The van der Waals surface area contributed by atoms with Crippen molar-refractivity contribution in [2.45, 2.75) is 252 Å². The lowest BCUT2D eigenvalue weighted by Gasteiger charge is -2.44. The first kappa shape index (κ1) is 122. The Kier molecular flexibility index (Phi) is 58.8. The normalized spacial score (nSPS) is 22.3. The lowest BCUT2D eigenvalue weighted by atomic mass is 9.83. The Labute approximate surface area is 810 Å². The fraction of sp³-hybridized carbons (Fsp3) is 0.782. The Hall–Kier alpha value is -10.7. The Morgan fingerprint density at radius 2 is 0.600 bits per heavy atom. The molecule has 53 nitrogen and oxygen atoms in total. The molecule has 0 aromatic heterocycles. The fourth-order valence-corrected chi connectivity index (χ4v) is 14.7. The second kappa shape index (κ2) is 67.7. The molecule has 0 aliphatic carbocycles. The summed E-state index contributed by atoms with van der Waals surface area (Å²) in [6.45, 7) is 15.3. The van der Waals surface area contributed by atoms with Crippen molar-refractivity contribution in [2.24, 2.45) is 0 Å². The van der Waals surface area contributed by atoms with Crippen LogP contribution in [0.3, 0.4) is 0 Å². The van der Waals surface area contributed by atoms with Crippen molar-refractivity contribution in [1.82, 2.24) is 51.9 Å². The first-order valence-electron chi connectivity index (χ1n) is 45.9. The molecule has 4 heterocycles. The molecule has 8 N–H and O–H groups in total. The molecular weight excluding hydrogens is 1870 g/mol. The van der Waals surface area contributed by atoms with Crippen LogP contribution in [0.2, 0.25) is 0 Å². The van der Waals surface area contributed by atoms with Crippen LogP contribution in [0.25, 0.3) is 0 Å². The molecule has 15 atom stereocenters. The van der Waals surface area contributed by atoms with Crippen LogP contribution in [-0.2, 0) is 200 Å². The quantitative estimate of drug-likeness (QED) is 0.0164. The summed E-state index contributed by atoms with van der Waals surface area (Å²) in [6.07, 6.45) is -18.5. The van der Waals surface area contributed by atoms with Gasteiger partial charge < -0.3 is 151 Å². The molecule has 0 spiro atoms. The third-order valence-corrected chi connectivity index (χ3v) is 20.3. The minimum Gasteiger partial charge on any atom is -0.481 e. The predicted molar refractivity (Wildman–Crippen MR) is 471 cm³/mol. The van der Waals surface area contributed by atoms with E-state index >= 15 is 0 Å². The number of hydrogen-bond donors (Lipinski definition) is 8. The summed E-state index contributed by atoms with van der Waals surface area (Å²) in [5.41, 5.74) is -1.71. The van der Waals surface area contributed by atoms with Crippen LogP contribution in [0.5, 0.6) is 0 Å². The standard InChI is InChI=1S/C87H140N10O43/c1-14-26-95-50-96(52-97(51-95)28-33-125-74(117)18-16-72(114)115)27-32-124-73(116)17-15-70(112)94-87(46-71(113)90-25-31-120-36-39-123-42-45-128-86-77(93-55(4)100)83(137-64(13)109)80(134-61(10)106)67(140-86)49-131-58(7)103,21-19-68(110)88-23-29-118-34-37-121-40-43-126-84-75(91-53(2)98)81(135-62(11)107)78(132-59(8)104)65(138-84)47-129-56(5)101)22-20-69(111)89-24-30-119-35-38-122-41-44-127-85-76(92-54(3)99)82(136-63(12)108)79(133-60(9)105)66(139-85)48-130-57(6)102/h65-67,75-86H,14-52H2,1-13H3,(H,88,110)(H,89,111)(H,90,113)(H,91,98)(H,92,99)(H,93,100)(H,94,112)(H,114,115). The summed E-state index contributed by atoms with van der Waals surface area (Å²) in [7, 11) is 0. The average Bonchev–Trinajstić information content (AvgIpc) is 0.791. The van der Waals surface area contributed by atoms with Gasteiger partial charge >= 0.3 is 71.6 Å². The lowest BCUT2D eigenvalue weighted by molar-refractivity contribution is -0.279. The van der Waals surface area contributed by atoms with Gasteiger partial charge in [0, 0.05) is 154 Å². The summed E-state index contributed by atoms with van der Waals surface area (Å²) in [4.78, 5) is 246. The molecular formula is C87H140N10O43. The molecule has 4 saturated heterocycles. The fourth-order valence-electron chi connectivity index (χ4n) is 14.7. The molecule has 140 heavy (non-hydrogen) atoms. The largest absolute Gasteiger partial charge is 0.481 e. The molecule has 0 aromatic rings. The highest BCUT2D eigenvalue weighted by Crippen LogP contribution is 2.33. The number of carbonyl (C=O) groups is 19. The van der Waals surface area contributed by atoms with Gasteiger partial charge in [0.25, 0.3) is 0 Å². The molecule has 53 heteroatoms. The number of carboxylic acids is 1. The van der Waals surface area contributed by atoms with Crippen molar-refractivity contribution in [1.29, 1.82) is 0 Å². The van der Waals surface area contributed by atoms with Crippen LogP contribution >= 0.6 is 0 Å². The second-order valence-corrected chi connectivity index (χ2v) is 32.4. The van der Waals surface area contributed by atoms with Gasteiger partial charge in [0.1, 0.15) is 69.5 Å². The maximum absolute atomic E-state index is 14.4. The highest BCUT2D eigenvalue weighted by atomic mass is 16.7. The Morgan fingerprint density at radius 3 is 0.893 bits per heavy atom. The van der Waals surface area contributed by atoms with Crippen LogP contribution in [0, 0.1) is 0 Å². The van der Waals surface area contributed by atoms with Gasteiger partial charge in [-0.3, -0.25) is 106 Å². The van der Waals surface area contributed by atoms with Gasteiger partial charge in [-0.05, 0) is 19.3 Å². The molecule has 4 aliphatic heterocycles. The van der Waals surface area contributed by atoms with Crippen molar-refractivity contribution >= 4 is 113 Å². The molecule has 7 amide bonds. The monoisotopic (exact) mass is 2010 g/mol. The van der Waals surface area contributed by atoms with Gasteiger partial charge in [0.2, 0.25) is 41.4 Å². The number of nitrogens with one attached hydrogen (secondary N) is 7. The van der Waals surface area contributed by atoms with E-state index < -0.39 is 250 Å². The van der Waals surface area contributed by atoms with E-state index in [9.17, 15) is 91.1 Å². The Bertz CT molecular complexity index is 3820. The average molecular weight is 2010 g/mol. The maximum atomic E-state index is 14.4. The number of ether oxygens (including phenoxy) is 23. The summed E-state index contributed by atoms with van der Waals surface area (Å²) >= 11 is 0. The van der Waals surface area contributed by atoms with E-state index in [2.05, 4.69) is 42.1 Å². The smallest absolute Gasteiger partial charge is 0.306 e. The highest BCUT2D eigenvalue weighted by Gasteiger charge is 2.55. The molecule has 15 unspecified atom stereocenters. The molecule has 0 radical (unpaired) electrons. The van der Waals surface area contributed by atoms with Gasteiger partial charge in [-0.15, -0.1) is 0 Å². The molecule has 0 saturated carbocycles. The van der Waals surface area contributed by atoms with Crippen LogP contribution in [0.15, 0.2) is 0 Å². The number of aliphatic carboxylic acids is 1. The van der Waals surface area contributed by atoms with Crippen molar-refractivity contribution in [2.75, 3.05) is 191 Å². The number of rotatable bonds is 68. The van der Waals surface area contributed by atoms with E-state index in [1.807, 2.05) is 16.7 Å². The first-order chi connectivity index (χ1) is 66.6. The van der Waals surface area contributed by atoms with Crippen molar-refractivity contribution < 1.29 is 205 Å². The van der Waals surface area contributed by atoms with E-state index in [-0.39, 0.29) is 177 Å². The van der Waals surface area contributed by atoms with Crippen LogP contribution in [-0.4, -0.2) is 422 Å². The molecule has 4 fully saturated rings. The van der Waals surface area contributed by atoms with Crippen molar-refractivity contribution in [3.05, 3.63) is 0 Å². The Balaban J connectivity index is 1.50. The van der Waals surface area contributed by atoms with Gasteiger partial charge in [0.15, 0.2) is 55.5 Å². The van der Waals surface area contributed by atoms with E-state index in [0.717, 1.165) is 68.7 Å². The van der Waals surface area contributed by atoms with Crippen molar-refractivity contribution in [3.8, 4) is 0 Å². The second-order valence-electron chi connectivity index (χ2n) is 32.4. The lowest BCUT2D eigenvalue weighted by Crippen LogP contribution is -2.66. The number of esters is 11. The number of carboxylic acid groups (broad SMARTS) is 1. The number of carbonyl (C=O) groups excluding carboxylic acids is 18. The van der Waals surface area contributed by atoms with Crippen LogP contribution in [0.1, 0.15) is 154 Å². The van der Waals surface area contributed by atoms with Gasteiger partial charge in [-0.1, -0.05) is 6.92 Å². The zero-order chi connectivity index (χ0) is 104. The van der Waals surface area contributed by atoms with E-state index in [0.29, 0.717) is 33.1 Å². The zero-order valence-corrected chi connectivity index (χ0v) is 81.7. The van der Waals surface area contributed by atoms with Crippen molar-refractivity contribution in [3.63, 3.8) is 0 Å². The highest BCUT2D eigenvalue weighted by molar-refractivity contribution is 5.85. The third kappa shape index (κ3) is 51.7. The summed E-state index contributed by atoms with van der Waals surface area (Å²) < 4.78 is 129. The number of nitrogens with zero attached hydrogens (tertiary/aromatic N) is 3. The van der Waals surface area contributed by atoms with E-state index in [1.54, 1.807) is 0 Å². The maximum Gasteiger partial charge on any atom is 0.306 e. The molecule has 0 aromatic carbocycles.